The number of hydrogen-bond donors (Lipinski definition) is 0. The van der Waals surface area contributed by atoms with Gasteiger partial charge in [0.1, 0.15) is 0 Å². The number of halogens is 2. The Morgan fingerprint density at radius 1 is 1.29 bits per heavy atom. The molecule has 0 bridgehead atoms. The molecule has 0 aromatic heterocycles. The van der Waals surface area contributed by atoms with Gasteiger partial charge in [-0.2, -0.15) is 5.26 Å². The lowest BCUT2D eigenvalue weighted by molar-refractivity contribution is -0.385. The van der Waals surface area contributed by atoms with Gasteiger partial charge in [0.25, 0.3) is 5.69 Å². The van der Waals surface area contributed by atoms with Crippen molar-refractivity contribution in [2.75, 3.05) is 0 Å². The molecule has 6 heteroatoms. The monoisotopic (exact) mass is 412 g/mol. The van der Waals surface area contributed by atoms with E-state index in [2.05, 4.69) is 28.7 Å². The summed E-state index contributed by atoms with van der Waals surface area (Å²) in [6.07, 6.45) is 0.411. The van der Waals surface area contributed by atoms with Gasteiger partial charge in [0.15, 0.2) is 0 Å². The summed E-state index contributed by atoms with van der Waals surface area (Å²) in [6.45, 7) is 0. The van der Waals surface area contributed by atoms with Crippen LogP contribution in [-0.4, -0.2) is 4.92 Å². The fourth-order valence-electron chi connectivity index (χ4n) is 2.05. The van der Waals surface area contributed by atoms with Crippen LogP contribution in [0.3, 0.4) is 0 Å². The number of rotatable bonds is 4. The van der Waals surface area contributed by atoms with Gasteiger partial charge >= 0.3 is 0 Å². The van der Waals surface area contributed by atoms with Crippen LogP contribution in [0.2, 0.25) is 5.02 Å². The van der Waals surface area contributed by atoms with E-state index >= 15 is 0 Å². The SMILES string of the molecule is N#CC(Cc1ccc(I)cc1)c1cc(Cl)ccc1[N+](=O)[O-]. The first-order valence-corrected chi connectivity index (χ1v) is 7.55. The van der Waals surface area contributed by atoms with Crippen LogP contribution in [-0.2, 0) is 6.42 Å². The summed E-state index contributed by atoms with van der Waals surface area (Å²) in [5, 5.41) is 20.9. The maximum Gasteiger partial charge on any atom is 0.274 e. The molecule has 2 rings (SSSR count). The van der Waals surface area contributed by atoms with E-state index in [0.717, 1.165) is 9.13 Å². The van der Waals surface area contributed by atoms with Gasteiger partial charge < -0.3 is 0 Å². The molecule has 4 nitrogen and oxygen atoms in total. The molecule has 0 aliphatic heterocycles. The second-order valence-corrected chi connectivity index (χ2v) is 6.15. The fourth-order valence-corrected chi connectivity index (χ4v) is 2.59. The molecular weight excluding hydrogens is 403 g/mol. The minimum absolute atomic E-state index is 0.0727. The summed E-state index contributed by atoms with van der Waals surface area (Å²) >= 11 is 8.11. The van der Waals surface area contributed by atoms with E-state index in [1.807, 2.05) is 24.3 Å². The summed E-state index contributed by atoms with van der Waals surface area (Å²) < 4.78 is 1.10. The Morgan fingerprint density at radius 3 is 2.52 bits per heavy atom. The lowest BCUT2D eigenvalue weighted by Crippen LogP contribution is -2.04. The molecule has 1 unspecified atom stereocenters. The molecule has 0 spiro atoms. The molecule has 2 aromatic carbocycles. The van der Waals surface area contributed by atoms with Crippen molar-refractivity contribution in [1.82, 2.24) is 0 Å². The quantitative estimate of drug-likeness (QED) is 0.415. The summed E-state index contributed by atoms with van der Waals surface area (Å²) in [5.41, 5.74) is 1.24. The van der Waals surface area contributed by atoms with Crippen molar-refractivity contribution in [2.24, 2.45) is 0 Å². The third-order valence-corrected chi connectivity index (χ3v) is 4.02. The maximum atomic E-state index is 11.1. The Kier molecular flexibility index (Phi) is 5.15. The minimum Gasteiger partial charge on any atom is -0.258 e. The summed E-state index contributed by atoms with van der Waals surface area (Å²) in [6, 6.07) is 14.2. The summed E-state index contributed by atoms with van der Waals surface area (Å²) in [7, 11) is 0. The molecule has 2 aromatic rings. The van der Waals surface area contributed by atoms with E-state index in [0.29, 0.717) is 17.0 Å². The zero-order valence-corrected chi connectivity index (χ0v) is 13.7. The van der Waals surface area contributed by atoms with Crippen LogP contribution < -0.4 is 0 Å². The van der Waals surface area contributed by atoms with Crippen LogP contribution in [0.1, 0.15) is 17.0 Å². The number of nitro benzene ring substituents is 1. The molecule has 0 amide bonds. The van der Waals surface area contributed by atoms with Gasteiger partial charge in [0.2, 0.25) is 0 Å². The van der Waals surface area contributed by atoms with Crippen molar-refractivity contribution >= 4 is 39.9 Å². The molecule has 1 atom stereocenters. The Morgan fingerprint density at radius 2 is 1.95 bits per heavy atom. The number of hydrogen-bond acceptors (Lipinski definition) is 3. The molecule has 0 saturated heterocycles. The highest BCUT2D eigenvalue weighted by Gasteiger charge is 2.22. The van der Waals surface area contributed by atoms with E-state index in [4.69, 9.17) is 11.6 Å². The first-order chi connectivity index (χ1) is 10.0. The van der Waals surface area contributed by atoms with Crippen LogP contribution in [0.5, 0.6) is 0 Å². The Labute approximate surface area is 140 Å². The van der Waals surface area contributed by atoms with Crippen LogP contribution in [0.25, 0.3) is 0 Å². The highest BCUT2D eigenvalue weighted by Crippen LogP contribution is 2.31. The van der Waals surface area contributed by atoms with Crippen LogP contribution in [0.4, 0.5) is 5.69 Å². The molecule has 0 saturated carbocycles. The molecule has 21 heavy (non-hydrogen) atoms. The number of nitrogens with zero attached hydrogens (tertiary/aromatic N) is 2. The third kappa shape index (κ3) is 3.93. The number of benzene rings is 2. The molecule has 106 valence electrons. The Bertz CT molecular complexity index is 711. The fraction of sp³-hybridized carbons (Fsp3) is 0.133. The zero-order valence-electron chi connectivity index (χ0n) is 10.8. The van der Waals surface area contributed by atoms with Crippen molar-refractivity contribution < 1.29 is 4.92 Å². The highest BCUT2D eigenvalue weighted by molar-refractivity contribution is 14.1. The van der Waals surface area contributed by atoms with E-state index in [9.17, 15) is 15.4 Å². The largest absolute Gasteiger partial charge is 0.274 e. The first kappa shape index (κ1) is 15.7. The van der Waals surface area contributed by atoms with E-state index in [1.54, 1.807) is 0 Å². The maximum absolute atomic E-state index is 11.1. The van der Waals surface area contributed by atoms with Crippen molar-refractivity contribution in [2.45, 2.75) is 12.3 Å². The molecular formula is C15H10ClIN2O2. The van der Waals surface area contributed by atoms with Gasteiger partial charge in [-0.05, 0) is 58.8 Å². The van der Waals surface area contributed by atoms with Crippen molar-refractivity contribution in [3.05, 3.63) is 72.3 Å². The van der Waals surface area contributed by atoms with Gasteiger partial charge in [0, 0.05) is 20.2 Å². The molecule has 0 aliphatic carbocycles. The second kappa shape index (κ2) is 6.87. The Balaban J connectivity index is 2.38. The van der Waals surface area contributed by atoms with Gasteiger partial charge in [-0.3, -0.25) is 10.1 Å². The minimum atomic E-state index is -0.607. The van der Waals surface area contributed by atoms with Crippen molar-refractivity contribution in [1.29, 1.82) is 5.26 Å². The van der Waals surface area contributed by atoms with Crippen LogP contribution in [0, 0.1) is 25.0 Å². The topological polar surface area (TPSA) is 66.9 Å². The van der Waals surface area contributed by atoms with Crippen molar-refractivity contribution in [3.63, 3.8) is 0 Å². The average Bonchev–Trinajstić information content (AvgIpc) is 2.46. The highest BCUT2D eigenvalue weighted by atomic mass is 127. The van der Waals surface area contributed by atoms with Gasteiger partial charge in [-0.25, -0.2) is 0 Å². The summed E-state index contributed by atoms with van der Waals surface area (Å²) in [4.78, 5) is 10.6. The number of nitro groups is 1. The predicted molar refractivity (Wildman–Crippen MR) is 89.3 cm³/mol. The molecule has 0 heterocycles. The second-order valence-electron chi connectivity index (χ2n) is 4.47. The lowest BCUT2D eigenvalue weighted by atomic mass is 9.92. The molecule has 0 aliphatic rings. The number of nitriles is 1. The van der Waals surface area contributed by atoms with Crippen molar-refractivity contribution in [3.8, 4) is 6.07 Å². The van der Waals surface area contributed by atoms with Crippen LogP contribution >= 0.6 is 34.2 Å². The molecule has 0 fully saturated rings. The zero-order chi connectivity index (χ0) is 15.4. The molecule has 0 radical (unpaired) electrons. The van der Waals surface area contributed by atoms with E-state index in [1.165, 1.54) is 18.2 Å². The standard InChI is InChI=1S/C15H10ClIN2O2/c16-12-3-6-15(19(20)21)14(8-12)11(9-18)7-10-1-4-13(17)5-2-10/h1-6,8,11H,7H2. The average molecular weight is 413 g/mol. The van der Waals surface area contributed by atoms with Gasteiger partial charge in [-0.15, -0.1) is 0 Å². The third-order valence-electron chi connectivity index (χ3n) is 3.07. The predicted octanol–water partition coefficient (Wildman–Crippen LogP) is 4.70. The summed E-state index contributed by atoms with van der Waals surface area (Å²) in [5.74, 6) is -0.607. The lowest BCUT2D eigenvalue weighted by Gasteiger charge is -2.10. The first-order valence-electron chi connectivity index (χ1n) is 6.09. The van der Waals surface area contributed by atoms with E-state index in [-0.39, 0.29) is 5.69 Å². The Hall–Kier alpha value is -1.65. The normalized spacial score (nSPS) is 11.7. The van der Waals surface area contributed by atoms with E-state index < -0.39 is 10.8 Å². The van der Waals surface area contributed by atoms with Gasteiger partial charge in [-0.1, -0.05) is 23.7 Å². The smallest absolute Gasteiger partial charge is 0.258 e. The van der Waals surface area contributed by atoms with Crippen LogP contribution in [0.15, 0.2) is 42.5 Å². The van der Waals surface area contributed by atoms with Gasteiger partial charge in [0.05, 0.1) is 16.9 Å². The molecule has 0 N–H and O–H groups in total.